The van der Waals surface area contributed by atoms with Gasteiger partial charge >= 0.3 is 0 Å². The van der Waals surface area contributed by atoms with Crippen LogP contribution >= 0.6 is 23.1 Å². The van der Waals surface area contributed by atoms with Crippen molar-refractivity contribution in [2.45, 2.75) is 25.8 Å². The molecular weight excluding hydrogens is 212 g/mol. The minimum atomic E-state index is 0.408. The molecule has 0 spiro atoms. The van der Waals surface area contributed by atoms with Gasteiger partial charge in [0.15, 0.2) is 0 Å². The zero-order valence-electron chi connectivity index (χ0n) is 8.53. The molecule has 2 nitrogen and oxygen atoms in total. The van der Waals surface area contributed by atoms with Gasteiger partial charge in [0.1, 0.15) is 0 Å². The monoisotopic (exact) mass is 230 g/mol. The van der Waals surface area contributed by atoms with Gasteiger partial charge in [-0.15, -0.1) is 11.3 Å². The average molecular weight is 230 g/mol. The first-order valence-corrected chi connectivity index (χ1v) is 6.96. The van der Waals surface area contributed by atoms with Gasteiger partial charge in [-0.3, -0.25) is 11.3 Å². The van der Waals surface area contributed by atoms with E-state index in [-0.39, 0.29) is 0 Å². The van der Waals surface area contributed by atoms with E-state index in [2.05, 4.69) is 29.9 Å². The summed E-state index contributed by atoms with van der Waals surface area (Å²) in [7, 11) is 0. The number of nitrogens with two attached hydrogens (primary N) is 1. The Morgan fingerprint density at radius 2 is 2.50 bits per heavy atom. The van der Waals surface area contributed by atoms with Crippen LogP contribution < -0.4 is 11.3 Å². The van der Waals surface area contributed by atoms with Gasteiger partial charge in [-0.1, -0.05) is 13.0 Å². The Balaban J connectivity index is 2.24. The van der Waals surface area contributed by atoms with E-state index < -0.39 is 0 Å². The first kappa shape index (κ1) is 12.0. The van der Waals surface area contributed by atoms with E-state index >= 15 is 0 Å². The second-order valence-electron chi connectivity index (χ2n) is 3.22. The standard InChI is InChI=1S/C10H18N2S2/c1-2-5-13-8-9(12-11)7-10-4-3-6-14-10/h3-4,6,9,12H,2,5,7-8,11H2,1H3. The van der Waals surface area contributed by atoms with Gasteiger partial charge in [0, 0.05) is 16.7 Å². The SMILES string of the molecule is CCCSCC(Cc1cccs1)NN. The largest absolute Gasteiger partial charge is 0.271 e. The molecule has 0 aromatic carbocycles. The number of rotatable bonds is 7. The molecule has 0 fully saturated rings. The zero-order chi connectivity index (χ0) is 10.2. The second-order valence-corrected chi connectivity index (χ2v) is 5.40. The number of hydrazine groups is 1. The summed E-state index contributed by atoms with van der Waals surface area (Å²) in [4.78, 5) is 1.41. The minimum Gasteiger partial charge on any atom is -0.271 e. The maximum atomic E-state index is 5.51. The molecule has 0 radical (unpaired) electrons. The van der Waals surface area contributed by atoms with Crippen molar-refractivity contribution in [1.82, 2.24) is 5.43 Å². The van der Waals surface area contributed by atoms with Crippen LogP contribution in [-0.4, -0.2) is 17.5 Å². The van der Waals surface area contributed by atoms with Crippen LogP contribution in [-0.2, 0) is 6.42 Å². The summed E-state index contributed by atoms with van der Waals surface area (Å²) in [6.07, 6.45) is 2.28. The molecule has 1 rings (SSSR count). The molecule has 14 heavy (non-hydrogen) atoms. The van der Waals surface area contributed by atoms with Gasteiger partial charge in [0.05, 0.1) is 0 Å². The van der Waals surface area contributed by atoms with Crippen molar-refractivity contribution < 1.29 is 0 Å². The Bertz CT molecular complexity index is 224. The molecule has 0 amide bonds. The average Bonchev–Trinajstić information content (AvgIpc) is 2.69. The first-order valence-electron chi connectivity index (χ1n) is 4.93. The molecule has 1 aromatic heterocycles. The highest BCUT2D eigenvalue weighted by atomic mass is 32.2. The molecule has 0 aliphatic heterocycles. The smallest absolute Gasteiger partial charge is 0.0349 e. The van der Waals surface area contributed by atoms with E-state index in [1.54, 1.807) is 11.3 Å². The summed E-state index contributed by atoms with van der Waals surface area (Å²) in [5.41, 5.74) is 2.89. The van der Waals surface area contributed by atoms with Crippen molar-refractivity contribution in [1.29, 1.82) is 0 Å². The highest BCUT2D eigenvalue weighted by molar-refractivity contribution is 7.99. The molecule has 80 valence electrons. The van der Waals surface area contributed by atoms with Gasteiger partial charge in [0.25, 0.3) is 0 Å². The molecule has 3 N–H and O–H groups in total. The molecule has 0 aliphatic rings. The molecule has 1 heterocycles. The van der Waals surface area contributed by atoms with Crippen molar-refractivity contribution in [3.8, 4) is 0 Å². The molecule has 0 aliphatic carbocycles. The Kier molecular flexibility index (Phi) is 6.27. The van der Waals surface area contributed by atoms with E-state index in [0.717, 1.165) is 12.2 Å². The normalized spacial score (nSPS) is 13.0. The van der Waals surface area contributed by atoms with Crippen molar-refractivity contribution in [3.05, 3.63) is 22.4 Å². The maximum absolute atomic E-state index is 5.51. The molecule has 0 saturated carbocycles. The van der Waals surface area contributed by atoms with Crippen LogP contribution in [0.4, 0.5) is 0 Å². The molecule has 1 unspecified atom stereocenters. The number of hydrogen-bond donors (Lipinski definition) is 2. The van der Waals surface area contributed by atoms with E-state index in [0.29, 0.717) is 6.04 Å². The lowest BCUT2D eigenvalue weighted by atomic mass is 10.2. The summed E-state index contributed by atoms with van der Waals surface area (Å²) in [6.45, 7) is 2.21. The molecular formula is C10H18N2S2. The van der Waals surface area contributed by atoms with Crippen LogP contribution in [0.25, 0.3) is 0 Å². The van der Waals surface area contributed by atoms with E-state index in [1.165, 1.54) is 17.1 Å². The lowest BCUT2D eigenvalue weighted by Gasteiger charge is -2.13. The molecule has 0 saturated heterocycles. The minimum absolute atomic E-state index is 0.408. The quantitative estimate of drug-likeness (QED) is 0.429. The first-order chi connectivity index (χ1) is 6.86. The third-order valence-electron chi connectivity index (χ3n) is 1.93. The van der Waals surface area contributed by atoms with Gasteiger partial charge in [0.2, 0.25) is 0 Å². The van der Waals surface area contributed by atoms with Crippen molar-refractivity contribution in [3.63, 3.8) is 0 Å². The van der Waals surface area contributed by atoms with Crippen LogP contribution in [0.5, 0.6) is 0 Å². The fourth-order valence-corrected chi connectivity index (χ4v) is 2.95. The zero-order valence-corrected chi connectivity index (χ0v) is 10.2. The second kappa shape index (κ2) is 7.29. The van der Waals surface area contributed by atoms with Crippen LogP contribution in [0.2, 0.25) is 0 Å². The third-order valence-corrected chi connectivity index (χ3v) is 4.16. The Labute approximate surface area is 94.2 Å². The van der Waals surface area contributed by atoms with Crippen LogP contribution in [0.3, 0.4) is 0 Å². The Morgan fingerprint density at radius 1 is 1.64 bits per heavy atom. The summed E-state index contributed by atoms with van der Waals surface area (Å²) in [5, 5.41) is 2.11. The third kappa shape index (κ3) is 4.46. The predicted octanol–water partition coefficient (Wildman–Crippen LogP) is 2.27. The fourth-order valence-electron chi connectivity index (χ4n) is 1.21. The summed E-state index contributed by atoms with van der Waals surface area (Å²) >= 11 is 3.77. The predicted molar refractivity (Wildman–Crippen MR) is 66.8 cm³/mol. The maximum Gasteiger partial charge on any atom is 0.0349 e. The van der Waals surface area contributed by atoms with Gasteiger partial charge in [-0.2, -0.15) is 11.8 Å². The van der Waals surface area contributed by atoms with Crippen molar-refractivity contribution in [2.75, 3.05) is 11.5 Å². The Morgan fingerprint density at radius 3 is 3.07 bits per heavy atom. The number of hydrogen-bond acceptors (Lipinski definition) is 4. The molecule has 0 bridgehead atoms. The lowest BCUT2D eigenvalue weighted by Crippen LogP contribution is -2.38. The number of thioether (sulfide) groups is 1. The highest BCUT2D eigenvalue weighted by Gasteiger charge is 2.07. The fraction of sp³-hybridized carbons (Fsp3) is 0.600. The molecule has 4 heteroatoms. The van der Waals surface area contributed by atoms with Crippen LogP contribution in [0, 0.1) is 0 Å². The van der Waals surface area contributed by atoms with Gasteiger partial charge < -0.3 is 0 Å². The van der Waals surface area contributed by atoms with Gasteiger partial charge in [-0.05, 0) is 30.0 Å². The topological polar surface area (TPSA) is 38.0 Å². The molecule has 1 atom stereocenters. The van der Waals surface area contributed by atoms with Gasteiger partial charge in [-0.25, -0.2) is 0 Å². The Hall–Kier alpha value is -0.0300. The molecule has 1 aromatic rings. The summed E-state index contributed by atoms with van der Waals surface area (Å²) in [6, 6.07) is 4.66. The number of nitrogens with one attached hydrogen (secondary N) is 1. The lowest BCUT2D eigenvalue weighted by molar-refractivity contribution is 0.579. The highest BCUT2D eigenvalue weighted by Crippen LogP contribution is 2.13. The van der Waals surface area contributed by atoms with Crippen LogP contribution in [0.15, 0.2) is 17.5 Å². The summed E-state index contributed by atoms with van der Waals surface area (Å²) < 4.78 is 0. The van der Waals surface area contributed by atoms with E-state index in [4.69, 9.17) is 5.84 Å². The van der Waals surface area contributed by atoms with E-state index in [9.17, 15) is 0 Å². The van der Waals surface area contributed by atoms with E-state index in [1.807, 2.05) is 11.8 Å². The van der Waals surface area contributed by atoms with Crippen molar-refractivity contribution in [2.24, 2.45) is 5.84 Å². The number of thiophene rings is 1. The van der Waals surface area contributed by atoms with Crippen molar-refractivity contribution >= 4 is 23.1 Å². The van der Waals surface area contributed by atoms with Crippen LogP contribution in [0.1, 0.15) is 18.2 Å². The summed E-state index contributed by atoms with van der Waals surface area (Å²) in [5.74, 6) is 7.84.